The second-order valence-corrected chi connectivity index (χ2v) is 4.77. The maximum Gasteiger partial charge on any atom is 0.185 e. The molecule has 8 heteroatoms. The van der Waals surface area contributed by atoms with E-state index in [1.54, 1.807) is 24.8 Å². The molecule has 4 rings (SSSR count). The fraction of sp³-hybridized carbons (Fsp3) is 0.143. The van der Waals surface area contributed by atoms with Crippen LogP contribution in [0.3, 0.4) is 0 Å². The highest BCUT2D eigenvalue weighted by Gasteiger charge is 2.29. The van der Waals surface area contributed by atoms with Crippen molar-refractivity contribution in [1.29, 1.82) is 0 Å². The Kier molecular flexibility index (Phi) is 3.04. The van der Waals surface area contributed by atoms with Gasteiger partial charge in [-0.05, 0) is 24.3 Å². The zero-order chi connectivity index (χ0) is 14.8. The zero-order valence-corrected chi connectivity index (χ0v) is 11.7. The van der Waals surface area contributed by atoms with Crippen LogP contribution in [0.5, 0.6) is 0 Å². The molecule has 0 amide bonds. The van der Waals surface area contributed by atoms with Gasteiger partial charge in [-0.3, -0.25) is 0 Å². The van der Waals surface area contributed by atoms with E-state index in [9.17, 15) is 0 Å². The SMILES string of the molecule is c1cnn(C(C(n2cccn2)n2cccn2)n2cccn2)c1. The van der Waals surface area contributed by atoms with Crippen LogP contribution in [0.15, 0.2) is 73.8 Å². The molecule has 0 atom stereocenters. The molecule has 0 saturated carbocycles. The molecule has 4 heterocycles. The molecule has 0 N–H and O–H groups in total. The maximum absolute atomic E-state index is 4.39. The summed E-state index contributed by atoms with van der Waals surface area (Å²) in [5, 5.41) is 17.5. The van der Waals surface area contributed by atoms with Gasteiger partial charge >= 0.3 is 0 Å². The van der Waals surface area contributed by atoms with E-state index in [0.717, 1.165) is 0 Å². The summed E-state index contributed by atoms with van der Waals surface area (Å²) in [4.78, 5) is 0. The summed E-state index contributed by atoms with van der Waals surface area (Å²) in [5.41, 5.74) is 0. The molecule has 4 aromatic rings. The Hall–Kier alpha value is -3.16. The number of hydrogen-bond acceptors (Lipinski definition) is 4. The first-order chi connectivity index (χ1) is 10.9. The summed E-state index contributed by atoms with van der Waals surface area (Å²) in [7, 11) is 0. The molecular weight excluding hydrogens is 280 g/mol. The predicted molar refractivity (Wildman–Crippen MR) is 77.8 cm³/mol. The van der Waals surface area contributed by atoms with Gasteiger partial charge in [0.1, 0.15) is 0 Å². The first kappa shape index (κ1) is 12.6. The molecular formula is C14H14N8. The van der Waals surface area contributed by atoms with Crippen molar-refractivity contribution in [2.45, 2.75) is 12.3 Å². The van der Waals surface area contributed by atoms with Crippen molar-refractivity contribution in [3.05, 3.63) is 73.8 Å². The summed E-state index contributed by atoms with van der Waals surface area (Å²) in [6.45, 7) is 0. The van der Waals surface area contributed by atoms with Crippen LogP contribution in [0.2, 0.25) is 0 Å². The third kappa shape index (κ3) is 2.10. The fourth-order valence-electron chi connectivity index (χ4n) is 2.54. The summed E-state index contributed by atoms with van der Waals surface area (Å²) < 4.78 is 7.39. The molecule has 0 bridgehead atoms. The van der Waals surface area contributed by atoms with Crippen molar-refractivity contribution in [1.82, 2.24) is 39.1 Å². The Balaban J connectivity index is 1.88. The standard InChI is InChI=1S/C14H14N8/c1-5-15-19(9-1)13(20-10-2-6-16-20)14(21-11-3-7-17-21)22-12-4-8-18-22/h1-14H. The summed E-state index contributed by atoms with van der Waals surface area (Å²) >= 11 is 0. The number of aromatic nitrogens is 8. The lowest BCUT2D eigenvalue weighted by atomic mass is 10.3. The predicted octanol–water partition coefficient (Wildman–Crippen LogP) is 1.27. The van der Waals surface area contributed by atoms with Crippen LogP contribution in [-0.2, 0) is 0 Å². The quantitative estimate of drug-likeness (QED) is 0.555. The summed E-state index contributed by atoms with van der Waals surface area (Å²) in [5.74, 6) is 0. The lowest BCUT2D eigenvalue weighted by molar-refractivity contribution is 0.187. The van der Waals surface area contributed by atoms with Crippen LogP contribution in [0.25, 0.3) is 0 Å². The molecule has 4 aromatic heterocycles. The van der Waals surface area contributed by atoms with Crippen LogP contribution in [0.1, 0.15) is 12.3 Å². The van der Waals surface area contributed by atoms with Crippen molar-refractivity contribution >= 4 is 0 Å². The minimum Gasteiger partial charge on any atom is -0.244 e. The number of nitrogens with zero attached hydrogens (tertiary/aromatic N) is 8. The highest BCUT2D eigenvalue weighted by molar-refractivity contribution is 4.94. The molecule has 0 saturated heterocycles. The van der Waals surface area contributed by atoms with E-state index < -0.39 is 0 Å². The second-order valence-electron chi connectivity index (χ2n) is 4.77. The lowest BCUT2D eigenvalue weighted by Gasteiger charge is -2.28. The van der Waals surface area contributed by atoms with Gasteiger partial charge in [-0.2, -0.15) is 20.4 Å². The topological polar surface area (TPSA) is 71.3 Å². The normalized spacial score (nSPS) is 11.5. The van der Waals surface area contributed by atoms with Gasteiger partial charge in [-0.15, -0.1) is 0 Å². The Labute approximate surface area is 126 Å². The van der Waals surface area contributed by atoms with Crippen LogP contribution in [-0.4, -0.2) is 39.1 Å². The van der Waals surface area contributed by atoms with Crippen LogP contribution in [0.4, 0.5) is 0 Å². The minimum atomic E-state index is -0.232. The van der Waals surface area contributed by atoms with Crippen LogP contribution >= 0.6 is 0 Å². The van der Waals surface area contributed by atoms with Gasteiger partial charge in [0.05, 0.1) is 0 Å². The molecule has 0 fully saturated rings. The van der Waals surface area contributed by atoms with E-state index >= 15 is 0 Å². The molecule has 110 valence electrons. The van der Waals surface area contributed by atoms with E-state index in [-0.39, 0.29) is 12.3 Å². The van der Waals surface area contributed by atoms with E-state index in [2.05, 4.69) is 20.4 Å². The average molecular weight is 294 g/mol. The lowest BCUT2D eigenvalue weighted by Crippen LogP contribution is -2.34. The van der Waals surface area contributed by atoms with Crippen molar-refractivity contribution in [3.63, 3.8) is 0 Å². The third-order valence-corrected chi connectivity index (χ3v) is 3.45. The summed E-state index contributed by atoms with van der Waals surface area (Å²) in [6, 6.07) is 7.55. The molecule has 0 aromatic carbocycles. The average Bonchev–Trinajstić information content (AvgIpc) is 3.35. The molecule has 0 radical (unpaired) electrons. The molecule has 0 unspecified atom stereocenters. The van der Waals surface area contributed by atoms with Gasteiger partial charge in [0.15, 0.2) is 12.3 Å². The number of rotatable bonds is 5. The van der Waals surface area contributed by atoms with E-state index in [4.69, 9.17) is 0 Å². The summed E-state index contributed by atoms with van der Waals surface area (Å²) in [6.07, 6.45) is 14.2. The van der Waals surface area contributed by atoms with E-state index in [0.29, 0.717) is 0 Å². The van der Waals surface area contributed by atoms with Gasteiger partial charge < -0.3 is 0 Å². The zero-order valence-electron chi connectivity index (χ0n) is 11.7. The molecule has 0 aliphatic rings. The van der Waals surface area contributed by atoms with E-state index in [1.807, 2.05) is 67.8 Å². The molecule has 0 spiro atoms. The van der Waals surface area contributed by atoms with E-state index in [1.165, 1.54) is 0 Å². The third-order valence-electron chi connectivity index (χ3n) is 3.45. The molecule has 22 heavy (non-hydrogen) atoms. The Bertz CT molecular complexity index is 644. The Morgan fingerprint density at radius 1 is 0.455 bits per heavy atom. The second kappa shape index (κ2) is 5.32. The van der Waals surface area contributed by atoms with Gasteiger partial charge in [-0.1, -0.05) is 0 Å². The van der Waals surface area contributed by atoms with Crippen molar-refractivity contribution in [2.24, 2.45) is 0 Å². The number of hydrogen-bond donors (Lipinski definition) is 0. The highest BCUT2D eigenvalue weighted by Crippen LogP contribution is 2.24. The van der Waals surface area contributed by atoms with Crippen molar-refractivity contribution < 1.29 is 0 Å². The largest absolute Gasteiger partial charge is 0.244 e. The van der Waals surface area contributed by atoms with Crippen molar-refractivity contribution in [2.75, 3.05) is 0 Å². The van der Waals surface area contributed by atoms with Gasteiger partial charge in [0.2, 0.25) is 0 Å². The van der Waals surface area contributed by atoms with Gasteiger partial charge in [0, 0.05) is 49.6 Å². The first-order valence-electron chi connectivity index (χ1n) is 6.90. The minimum absolute atomic E-state index is 0.232. The Morgan fingerprint density at radius 3 is 0.909 bits per heavy atom. The monoisotopic (exact) mass is 294 g/mol. The highest BCUT2D eigenvalue weighted by atomic mass is 15.5. The smallest absolute Gasteiger partial charge is 0.185 e. The molecule has 0 aliphatic heterocycles. The molecule has 8 nitrogen and oxygen atoms in total. The fourth-order valence-corrected chi connectivity index (χ4v) is 2.54. The first-order valence-corrected chi connectivity index (χ1v) is 6.90. The van der Waals surface area contributed by atoms with Gasteiger partial charge in [-0.25, -0.2) is 18.7 Å². The molecule has 0 aliphatic carbocycles. The maximum atomic E-state index is 4.39. The van der Waals surface area contributed by atoms with Crippen LogP contribution in [0, 0.1) is 0 Å². The van der Waals surface area contributed by atoms with Crippen molar-refractivity contribution in [3.8, 4) is 0 Å². The Morgan fingerprint density at radius 2 is 0.727 bits per heavy atom. The van der Waals surface area contributed by atoms with Crippen LogP contribution < -0.4 is 0 Å². The van der Waals surface area contributed by atoms with Gasteiger partial charge in [0.25, 0.3) is 0 Å².